The van der Waals surface area contributed by atoms with Crippen molar-refractivity contribution in [3.05, 3.63) is 53.6 Å². The number of nitrogens with one attached hydrogen (secondary N) is 1. The molecule has 4 N–H and O–H groups in total. The van der Waals surface area contributed by atoms with Crippen LogP contribution in [-0.2, 0) is 17.8 Å². The Kier molecular flexibility index (Phi) is 4.57. The number of carboxylic acids is 1. The monoisotopic (exact) mass is 286 g/mol. The Morgan fingerprint density at radius 1 is 1.19 bits per heavy atom. The molecule has 7 heteroatoms. The third-order valence-corrected chi connectivity index (χ3v) is 2.70. The average Bonchev–Trinajstić information content (AvgIpc) is 2.49. The molecule has 0 aliphatic rings. The van der Waals surface area contributed by atoms with Crippen LogP contribution in [0.3, 0.4) is 0 Å². The first-order valence-corrected chi connectivity index (χ1v) is 6.21. The zero-order chi connectivity index (χ0) is 15.2. The topological polar surface area (TPSA) is 118 Å². The third-order valence-electron chi connectivity index (χ3n) is 2.70. The van der Waals surface area contributed by atoms with E-state index in [9.17, 15) is 9.59 Å². The first-order chi connectivity index (χ1) is 10.1. The van der Waals surface area contributed by atoms with Crippen LogP contribution in [0.4, 0.5) is 5.69 Å². The largest absolute Gasteiger partial charge is 0.481 e. The van der Waals surface area contributed by atoms with Crippen LogP contribution in [0.1, 0.15) is 21.7 Å². The summed E-state index contributed by atoms with van der Waals surface area (Å²) in [5.74, 6) is -1.26. The van der Waals surface area contributed by atoms with Gasteiger partial charge in [-0.3, -0.25) is 19.6 Å². The molecule has 108 valence electrons. The van der Waals surface area contributed by atoms with Crippen LogP contribution < -0.4 is 11.1 Å². The number of aromatic nitrogens is 2. The molecule has 0 aliphatic heterocycles. The summed E-state index contributed by atoms with van der Waals surface area (Å²) in [5, 5.41) is 11.3. The van der Waals surface area contributed by atoms with E-state index < -0.39 is 5.97 Å². The van der Waals surface area contributed by atoms with E-state index in [0.717, 1.165) is 0 Å². The fourth-order valence-electron chi connectivity index (χ4n) is 1.69. The van der Waals surface area contributed by atoms with Crippen molar-refractivity contribution in [1.29, 1.82) is 0 Å². The van der Waals surface area contributed by atoms with Gasteiger partial charge in [-0.1, -0.05) is 0 Å². The Hall–Kier alpha value is -2.80. The third kappa shape index (κ3) is 4.08. The summed E-state index contributed by atoms with van der Waals surface area (Å²) in [4.78, 5) is 30.6. The number of pyridine rings is 2. The summed E-state index contributed by atoms with van der Waals surface area (Å²) in [6, 6.07) is 6.36. The number of nitrogens with zero attached hydrogens (tertiary/aromatic N) is 2. The van der Waals surface area contributed by atoms with Gasteiger partial charge in [-0.05, 0) is 24.3 Å². The zero-order valence-corrected chi connectivity index (χ0v) is 11.1. The van der Waals surface area contributed by atoms with Crippen LogP contribution in [0, 0.1) is 0 Å². The van der Waals surface area contributed by atoms with Crippen LogP contribution in [0.15, 0.2) is 36.7 Å². The number of carboxylic acid groups (broad SMARTS) is 1. The van der Waals surface area contributed by atoms with Crippen molar-refractivity contribution >= 4 is 17.6 Å². The van der Waals surface area contributed by atoms with Crippen molar-refractivity contribution in [3.8, 4) is 0 Å². The minimum Gasteiger partial charge on any atom is -0.481 e. The fourth-order valence-corrected chi connectivity index (χ4v) is 1.69. The van der Waals surface area contributed by atoms with Gasteiger partial charge in [-0.15, -0.1) is 0 Å². The first-order valence-electron chi connectivity index (χ1n) is 6.21. The van der Waals surface area contributed by atoms with E-state index >= 15 is 0 Å². The van der Waals surface area contributed by atoms with E-state index in [1.807, 2.05) is 0 Å². The second-order valence-corrected chi connectivity index (χ2v) is 4.30. The van der Waals surface area contributed by atoms with Gasteiger partial charge in [-0.25, -0.2) is 0 Å². The van der Waals surface area contributed by atoms with E-state index in [1.54, 1.807) is 24.3 Å². The van der Waals surface area contributed by atoms with Gasteiger partial charge < -0.3 is 16.2 Å². The SMILES string of the molecule is NCc1cc(C(=O)Nc2ccc(CC(=O)O)nc2)ccn1. The number of rotatable bonds is 5. The van der Waals surface area contributed by atoms with E-state index in [1.165, 1.54) is 12.4 Å². The Morgan fingerprint density at radius 3 is 2.62 bits per heavy atom. The van der Waals surface area contributed by atoms with Crippen molar-refractivity contribution in [2.24, 2.45) is 5.73 Å². The van der Waals surface area contributed by atoms with E-state index in [4.69, 9.17) is 10.8 Å². The maximum absolute atomic E-state index is 12.0. The van der Waals surface area contributed by atoms with Crippen LogP contribution in [0.2, 0.25) is 0 Å². The molecule has 2 rings (SSSR count). The molecule has 0 radical (unpaired) electrons. The number of anilines is 1. The van der Waals surface area contributed by atoms with Gasteiger partial charge >= 0.3 is 5.97 Å². The van der Waals surface area contributed by atoms with E-state index in [-0.39, 0.29) is 18.9 Å². The molecule has 0 aromatic carbocycles. The molecule has 0 fully saturated rings. The number of carbonyl (C=O) groups is 2. The molecule has 0 spiro atoms. The molecule has 2 aromatic heterocycles. The predicted molar refractivity (Wildman–Crippen MR) is 75.7 cm³/mol. The van der Waals surface area contributed by atoms with Crippen molar-refractivity contribution in [3.63, 3.8) is 0 Å². The zero-order valence-electron chi connectivity index (χ0n) is 11.1. The average molecular weight is 286 g/mol. The van der Waals surface area contributed by atoms with Crippen molar-refractivity contribution in [1.82, 2.24) is 9.97 Å². The molecule has 0 atom stereocenters. The van der Waals surface area contributed by atoms with Crippen molar-refractivity contribution < 1.29 is 14.7 Å². The molecule has 0 bridgehead atoms. The summed E-state index contributed by atoms with van der Waals surface area (Å²) >= 11 is 0. The molecule has 0 unspecified atom stereocenters. The lowest BCUT2D eigenvalue weighted by molar-refractivity contribution is -0.136. The van der Waals surface area contributed by atoms with Crippen molar-refractivity contribution in [2.75, 3.05) is 5.32 Å². The van der Waals surface area contributed by atoms with Crippen molar-refractivity contribution in [2.45, 2.75) is 13.0 Å². The predicted octanol–water partition coefficient (Wildman–Crippen LogP) is 0.815. The Morgan fingerprint density at radius 2 is 2.00 bits per heavy atom. The van der Waals surface area contributed by atoms with E-state index in [0.29, 0.717) is 22.6 Å². The van der Waals surface area contributed by atoms with Gasteiger partial charge in [0.25, 0.3) is 5.91 Å². The van der Waals surface area contributed by atoms with Crippen LogP contribution in [0.5, 0.6) is 0 Å². The highest BCUT2D eigenvalue weighted by Gasteiger charge is 2.08. The molecule has 0 saturated carbocycles. The molecular weight excluding hydrogens is 272 g/mol. The maximum atomic E-state index is 12.0. The van der Waals surface area contributed by atoms with Crippen LogP contribution in [-0.4, -0.2) is 27.0 Å². The van der Waals surface area contributed by atoms with Gasteiger partial charge in [0, 0.05) is 18.3 Å². The molecule has 1 amide bonds. The lowest BCUT2D eigenvalue weighted by atomic mass is 10.2. The molecular formula is C14H14N4O3. The van der Waals surface area contributed by atoms with Gasteiger partial charge in [0.05, 0.1) is 29.7 Å². The van der Waals surface area contributed by atoms with E-state index in [2.05, 4.69) is 15.3 Å². The first kappa shape index (κ1) is 14.6. The minimum atomic E-state index is -0.953. The second-order valence-electron chi connectivity index (χ2n) is 4.30. The molecule has 7 nitrogen and oxygen atoms in total. The Bertz CT molecular complexity index is 656. The summed E-state index contributed by atoms with van der Waals surface area (Å²) in [7, 11) is 0. The smallest absolute Gasteiger partial charge is 0.309 e. The normalized spacial score (nSPS) is 10.1. The lowest BCUT2D eigenvalue weighted by Crippen LogP contribution is -2.13. The number of nitrogens with two attached hydrogens (primary N) is 1. The number of aliphatic carboxylic acids is 1. The maximum Gasteiger partial charge on any atom is 0.309 e. The molecule has 0 saturated heterocycles. The number of hydrogen-bond acceptors (Lipinski definition) is 5. The highest BCUT2D eigenvalue weighted by Crippen LogP contribution is 2.10. The fraction of sp³-hybridized carbons (Fsp3) is 0.143. The highest BCUT2D eigenvalue weighted by atomic mass is 16.4. The van der Waals surface area contributed by atoms with Crippen LogP contribution >= 0.6 is 0 Å². The lowest BCUT2D eigenvalue weighted by Gasteiger charge is -2.06. The standard InChI is InChI=1S/C14H14N4O3/c15-7-12-5-9(3-4-16-12)14(21)18-11-2-1-10(17-8-11)6-13(19)20/h1-5,8H,6-7,15H2,(H,18,21)(H,19,20). The summed E-state index contributed by atoms with van der Waals surface area (Å²) < 4.78 is 0. The number of hydrogen-bond donors (Lipinski definition) is 3. The highest BCUT2D eigenvalue weighted by molar-refractivity contribution is 6.04. The molecule has 21 heavy (non-hydrogen) atoms. The van der Waals surface area contributed by atoms with Gasteiger partial charge in [0.15, 0.2) is 0 Å². The summed E-state index contributed by atoms with van der Waals surface area (Å²) in [5.41, 5.74) is 7.46. The van der Waals surface area contributed by atoms with Crippen LogP contribution in [0.25, 0.3) is 0 Å². The summed E-state index contributed by atoms with van der Waals surface area (Å²) in [6.45, 7) is 0.257. The summed E-state index contributed by atoms with van der Waals surface area (Å²) in [6.07, 6.45) is 2.78. The Labute approximate surface area is 120 Å². The van der Waals surface area contributed by atoms with Gasteiger partial charge in [0.2, 0.25) is 0 Å². The number of carbonyl (C=O) groups excluding carboxylic acids is 1. The van der Waals surface area contributed by atoms with Gasteiger partial charge in [0.1, 0.15) is 0 Å². The molecule has 2 aromatic rings. The Balaban J connectivity index is 2.06. The minimum absolute atomic E-state index is 0.154. The quantitative estimate of drug-likeness (QED) is 0.748. The van der Waals surface area contributed by atoms with Gasteiger partial charge in [-0.2, -0.15) is 0 Å². The molecule has 0 aliphatic carbocycles. The number of amides is 1. The molecule has 2 heterocycles. The second kappa shape index (κ2) is 6.58.